The Morgan fingerprint density at radius 1 is 1.24 bits per heavy atom. The molecule has 0 unspecified atom stereocenters. The summed E-state index contributed by atoms with van der Waals surface area (Å²) in [5.41, 5.74) is 3.97. The van der Waals surface area contributed by atoms with Crippen molar-refractivity contribution in [3.63, 3.8) is 0 Å². The third-order valence-electron chi connectivity index (χ3n) is 3.50. The first-order valence-electron chi connectivity index (χ1n) is 7.41. The molecule has 1 aromatic carbocycles. The highest BCUT2D eigenvalue weighted by Crippen LogP contribution is 2.37. The van der Waals surface area contributed by atoms with Crippen LogP contribution < -0.4 is 4.74 Å². The van der Waals surface area contributed by atoms with Crippen molar-refractivity contribution in [1.82, 2.24) is 0 Å². The maximum absolute atomic E-state index is 12.5. The van der Waals surface area contributed by atoms with Gasteiger partial charge in [0.25, 0.3) is 0 Å². The Hall–Kier alpha value is -1.64. The van der Waals surface area contributed by atoms with Crippen LogP contribution in [0.5, 0.6) is 5.75 Å². The van der Waals surface area contributed by atoms with Gasteiger partial charge in [0.15, 0.2) is 0 Å². The van der Waals surface area contributed by atoms with Crippen LogP contribution >= 0.6 is 0 Å². The van der Waals surface area contributed by atoms with E-state index in [1.807, 2.05) is 13.0 Å². The summed E-state index contributed by atoms with van der Waals surface area (Å²) in [5, 5.41) is 0. The molecule has 116 valence electrons. The minimum Gasteiger partial charge on any atom is -0.490 e. The molecule has 3 heteroatoms. The fourth-order valence-corrected chi connectivity index (χ4v) is 2.22. The van der Waals surface area contributed by atoms with Crippen LogP contribution in [0.15, 0.2) is 18.2 Å². The molecule has 2 nitrogen and oxygen atoms in total. The molecular weight excluding hydrogens is 267 g/mol. The van der Waals surface area contributed by atoms with E-state index in [0.29, 0.717) is 11.7 Å². The Kier molecular flexibility index (Phi) is 6.60. The van der Waals surface area contributed by atoms with Gasteiger partial charge in [-0.1, -0.05) is 33.8 Å². The first-order valence-corrected chi connectivity index (χ1v) is 7.41. The van der Waals surface area contributed by atoms with Gasteiger partial charge in [0, 0.05) is 5.56 Å². The van der Waals surface area contributed by atoms with Crippen LogP contribution in [0.1, 0.15) is 63.1 Å². The van der Waals surface area contributed by atoms with E-state index in [1.54, 1.807) is 0 Å². The molecule has 21 heavy (non-hydrogen) atoms. The van der Waals surface area contributed by atoms with Crippen LogP contribution in [0.4, 0.5) is 4.39 Å². The van der Waals surface area contributed by atoms with Gasteiger partial charge in [-0.25, -0.2) is 4.39 Å². The lowest BCUT2D eigenvalue weighted by molar-refractivity contribution is -0.104. The molecule has 0 aliphatic carbocycles. The average Bonchev–Trinajstić information content (AvgIpc) is 2.44. The average molecular weight is 292 g/mol. The van der Waals surface area contributed by atoms with Crippen molar-refractivity contribution >= 4 is 11.9 Å². The van der Waals surface area contributed by atoms with Crippen LogP contribution in [0.3, 0.4) is 0 Å². The number of carbonyl (C=O) groups is 1. The number of allylic oxidation sites excluding steroid dienone is 2. The zero-order valence-corrected chi connectivity index (χ0v) is 13.6. The summed E-state index contributed by atoms with van der Waals surface area (Å²) in [6.07, 6.45) is 2.29. The predicted octanol–water partition coefficient (Wildman–Crippen LogP) is 4.88. The summed E-state index contributed by atoms with van der Waals surface area (Å²) < 4.78 is 18.2. The molecule has 0 spiro atoms. The SMILES string of the molecule is C/C(=C/C=O)c1cc(C(C)C)cc(C(C)C)c1OCCF. The first-order chi connectivity index (χ1) is 9.92. The standard InChI is InChI=1S/C18H25FO2/c1-12(2)15-10-16(13(3)4)18(21-9-7-19)17(11-15)14(5)6-8-20/h6,8,10-13H,7,9H2,1-5H3/b14-6-. The second-order valence-corrected chi connectivity index (χ2v) is 5.82. The number of halogens is 1. The zero-order chi connectivity index (χ0) is 16.0. The molecule has 0 radical (unpaired) electrons. The van der Waals surface area contributed by atoms with Crippen molar-refractivity contribution in [2.45, 2.75) is 46.5 Å². The van der Waals surface area contributed by atoms with E-state index in [2.05, 4.69) is 33.8 Å². The molecule has 1 rings (SSSR count). The summed E-state index contributed by atoms with van der Waals surface area (Å²) in [7, 11) is 0. The van der Waals surface area contributed by atoms with Crippen LogP contribution in [-0.4, -0.2) is 19.6 Å². The highest BCUT2D eigenvalue weighted by atomic mass is 19.1. The minimum atomic E-state index is -0.528. The second-order valence-electron chi connectivity index (χ2n) is 5.82. The molecule has 0 fully saturated rings. The van der Waals surface area contributed by atoms with E-state index in [-0.39, 0.29) is 12.5 Å². The Bertz CT molecular complexity index is 516. The third-order valence-corrected chi connectivity index (χ3v) is 3.50. The molecule has 0 atom stereocenters. The molecule has 0 saturated heterocycles. The van der Waals surface area contributed by atoms with Gasteiger partial charge in [0.05, 0.1) is 0 Å². The molecule has 0 aliphatic rings. The van der Waals surface area contributed by atoms with Gasteiger partial charge in [0.2, 0.25) is 0 Å². The van der Waals surface area contributed by atoms with Crippen molar-refractivity contribution in [2.75, 3.05) is 13.3 Å². The van der Waals surface area contributed by atoms with Crippen molar-refractivity contribution < 1.29 is 13.9 Å². The van der Waals surface area contributed by atoms with Crippen LogP contribution in [0.2, 0.25) is 0 Å². The van der Waals surface area contributed by atoms with Gasteiger partial charge in [-0.2, -0.15) is 0 Å². The van der Waals surface area contributed by atoms with Crippen molar-refractivity contribution in [3.05, 3.63) is 34.9 Å². The highest BCUT2D eigenvalue weighted by Gasteiger charge is 2.17. The lowest BCUT2D eigenvalue weighted by Gasteiger charge is -2.21. The Morgan fingerprint density at radius 2 is 1.90 bits per heavy atom. The summed E-state index contributed by atoms with van der Waals surface area (Å²) in [6.45, 7) is 9.81. The van der Waals surface area contributed by atoms with Crippen LogP contribution in [0.25, 0.3) is 5.57 Å². The van der Waals surface area contributed by atoms with E-state index in [1.165, 1.54) is 11.6 Å². The van der Waals surface area contributed by atoms with Gasteiger partial charge < -0.3 is 4.74 Å². The molecular formula is C18H25FO2. The lowest BCUT2D eigenvalue weighted by atomic mass is 9.89. The lowest BCUT2D eigenvalue weighted by Crippen LogP contribution is -2.07. The molecule has 0 bridgehead atoms. The van der Waals surface area contributed by atoms with Crippen LogP contribution in [-0.2, 0) is 4.79 Å². The summed E-state index contributed by atoms with van der Waals surface area (Å²) in [6, 6.07) is 4.17. The van der Waals surface area contributed by atoms with Gasteiger partial charge in [0.1, 0.15) is 25.3 Å². The number of ether oxygens (including phenoxy) is 1. The topological polar surface area (TPSA) is 26.3 Å². The molecule has 0 N–H and O–H groups in total. The first kappa shape index (κ1) is 17.4. The van der Waals surface area contributed by atoms with Gasteiger partial charge >= 0.3 is 0 Å². The smallest absolute Gasteiger partial charge is 0.143 e. The van der Waals surface area contributed by atoms with Gasteiger partial charge in [-0.3, -0.25) is 4.79 Å². The van der Waals surface area contributed by atoms with E-state index >= 15 is 0 Å². The molecule has 1 aromatic rings. The van der Waals surface area contributed by atoms with E-state index in [4.69, 9.17) is 4.74 Å². The number of alkyl halides is 1. The molecule has 0 aliphatic heterocycles. The highest BCUT2D eigenvalue weighted by molar-refractivity contribution is 5.83. The van der Waals surface area contributed by atoms with E-state index in [0.717, 1.165) is 23.0 Å². The molecule has 0 amide bonds. The summed E-state index contributed by atoms with van der Waals surface area (Å²) in [5.74, 6) is 1.34. The minimum absolute atomic E-state index is 0.0299. The molecule has 0 aromatic heterocycles. The van der Waals surface area contributed by atoms with E-state index < -0.39 is 6.67 Å². The second kappa shape index (κ2) is 7.96. The number of rotatable bonds is 7. The Labute approximate surface area is 127 Å². The normalized spacial score (nSPS) is 12.1. The number of carbonyl (C=O) groups excluding carboxylic acids is 1. The van der Waals surface area contributed by atoms with Gasteiger partial charge in [-0.05, 0) is 47.6 Å². The summed E-state index contributed by atoms with van der Waals surface area (Å²) >= 11 is 0. The maximum atomic E-state index is 12.5. The van der Waals surface area contributed by atoms with Crippen molar-refractivity contribution in [2.24, 2.45) is 0 Å². The largest absolute Gasteiger partial charge is 0.490 e. The zero-order valence-electron chi connectivity index (χ0n) is 13.6. The Morgan fingerprint density at radius 3 is 2.38 bits per heavy atom. The maximum Gasteiger partial charge on any atom is 0.143 e. The number of benzene rings is 1. The number of hydrogen-bond donors (Lipinski definition) is 0. The van der Waals surface area contributed by atoms with Gasteiger partial charge in [-0.15, -0.1) is 0 Å². The van der Waals surface area contributed by atoms with Crippen molar-refractivity contribution in [3.8, 4) is 5.75 Å². The monoisotopic (exact) mass is 292 g/mol. The van der Waals surface area contributed by atoms with E-state index in [9.17, 15) is 9.18 Å². The third kappa shape index (κ3) is 4.42. The number of hydrogen-bond acceptors (Lipinski definition) is 2. The molecule has 0 heterocycles. The fraction of sp³-hybridized carbons (Fsp3) is 0.500. The number of aldehydes is 1. The predicted molar refractivity (Wildman–Crippen MR) is 85.8 cm³/mol. The van der Waals surface area contributed by atoms with Crippen molar-refractivity contribution in [1.29, 1.82) is 0 Å². The molecule has 0 saturated carbocycles. The summed E-state index contributed by atoms with van der Waals surface area (Å²) in [4.78, 5) is 10.8. The van der Waals surface area contributed by atoms with Crippen LogP contribution in [0, 0.1) is 0 Å². The Balaban J connectivity index is 3.53. The fourth-order valence-electron chi connectivity index (χ4n) is 2.22. The quantitative estimate of drug-likeness (QED) is 0.528.